The highest BCUT2D eigenvalue weighted by Gasteiger charge is 2.16. The molecule has 1 atom stereocenters. The number of benzene rings is 1. The van der Waals surface area contributed by atoms with Gasteiger partial charge in [0.15, 0.2) is 0 Å². The van der Waals surface area contributed by atoms with E-state index in [9.17, 15) is 4.79 Å². The van der Waals surface area contributed by atoms with E-state index in [1.54, 1.807) is 0 Å². The van der Waals surface area contributed by atoms with Gasteiger partial charge in [-0.25, -0.2) is 4.79 Å². The van der Waals surface area contributed by atoms with E-state index in [1.807, 2.05) is 51.1 Å². The maximum Gasteiger partial charge on any atom is 0.331 e. The number of hydrogen-bond donors (Lipinski definition) is 1. The van der Waals surface area contributed by atoms with Gasteiger partial charge < -0.3 is 28.8 Å². The van der Waals surface area contributed by atoms with Crippen molar-refractivity contribution in [2.24, 2.45) is 0 Å². The molecule has 0 aromatic heterocycles. The predicted octanol–water partition coefficient (Wildman–Crippen LogP) is 3.33. The maximum absolute atomic E-state index is 11.0. The maximum atomic E-state index is 11.0. The Labute approximate surface area is 173 Å². The van der Waals surface area contributed by atoms with Crippen LogP contribution in [-0.2, 0) is 23.7 Å². The van der Waals surface area contributed by atoms with E-state index in [4.69, 9.17) is 28.8 Å². The molecular formula is C22H34O7. The van der Waals surface area contributed by atoms with Crippen LogP contribution < -0.4 is 4.74 Å². The second-order valence-electron chi connectivity index (χ2n) is 7.42. The molecule has 0 saturated carbocycles. The third-order valence-corrected chi connectivity index (χ3v) is 3.67. The highest BCUT2D eigenvalue weighted by atomic mass is 16.6. The molecule has 0 aliphatic rings. The van der Waals surface area contributed by atoms with Crippen molar-refractivity contribution in [3.8, 4) is 5.75 Å². The quantitative estimate of drug-likeness (QED) is 0.331. The Morgan fingerprint density at radius 3 is 2.17 bits per heavy atom. The molecule has 1 unspecified atom stereocenters. The third kappa shape index (κ3) is 13.8. The first-order valence-electron chi connectivity index (χ1n) is 9.78. The first kappa shape index (κ1) is 25.1. The molecule has 164 valence electrons. The van der Waals surface area contributed by atoms with E-state index in [0.717, 1.165) is 0 Å². The molecular weight excluding hydrogens is 376 g/mol. The van der Waals surface area contributed by atoms with Gasteiger partial charge in [0, 0.05) is 12.0 Å². The highest BCUT2D eigenvalue weighted by molar-refractivity contribution is 5.85. The number of hydrogen-bond acceptors (Lipinski definition) is 6. The highest BCUT2D eigenvalue weighted by Crippen LogP contribution is 2.13. The zero-order valence-corrected chi connectivity index (χ0v) is 17.7. The summed E-state index contributed by atoms with van der Waals surface area (Å²) in [6, 6.07) is 9.29. The summed E-state index contributed by atoms with van der Waals surface area (Å²) in [6.45, 7) is 12.5. The summed E-state index contributed by atoms with van der Waals surface area (Å²) >= 11 is 0. The Kier molecular flexibility index (Phi) is 12.2. The molecule has 1 N–H and O–H groups in total. The molecule has 29 heavy (non-hydrogen) atoms. The summed E-state index contributed by atoms with van der Waals surface area (Å²) in [5.41, 5.74) is -0.0809. The van der Waals surface area contributed by atoms with Gasteiger partial charge in [-0.15, -0.1) is 0 Å². The van der Waals surface area contributed by atoms with E-state index in [0.29, 0.717) is 45.4 Å². The number of carboxylic acid groups (broad SMARTS) is 1. The fraction of sp³-hybridized carbons (Fsp3) is 0.591. The van der Waals surface area contributed by atoms with Gasteiger partial charge in [-0.1, -0.05) is 24.8 Å². The lowest BCUT2D eigenvalue weighted by atomic mass is 10.1. The average molecular weight is 411 g/mol. The Hall–Kier alpha value is -1.93. The van der Waals surface area contributed by atoms with Crippen molar-refractivity contribution in [3.63, 3.8) is 0 Å². The molecule has 0 fully saturated rings. The average Bonchev–Trinajstić information content (AvgIpc) is 2.67. The van der Waals surface area contributed by atoms with Gasteiger partial charge in [-0.2, -0.15) is 0 Å². The van der Waals surface area contributed by atoms with Gasteiger partial charge in [-0.05, 0) is 32.9 Å². The lowest BCUT2D eigenvalue weighted by Gasteiger charge is -2.19. The SMILES string of the molecule is C=C(CC(COc1ccccc1)OCCOCCOCCOC(C)(C)C)C(=O)O. The van der Waals surface area contributed by atoms with Gasteiger partial charge in [0.05, 0.1) is 51.3 Å². The summed E-state index contributed by atoms with van der Waals surface area (Å²) in [7, 11) is 0. The van der Waals surface area contributed by atoms with Crippen LogP contribution in [0.25, 0.3) is 0 Å². The van der Waals surface area contributed by atoms with Crippen molar-refractivity contribution >= 4 is 5.97 Å². The first-order chi connectivity index (χ1) is 13.8. The topological polar surface area (TPSA) is 83.5 Å². The number of carbonyl (C=O) groups is 1. The van der Waals surface area contributed by atoms with Crippen molar-refractivity contribution in [1.29, 1.82) is 0 Å². The summed E-state index contributed by atoms with van der Waals surface area (Å²) < 4.78 is 27.9. The minimum Gasteiger partial charge on any atom is -0.491 e. The van der Waals surface area contributed by atoms with Crippen molar-refractivity contribution in [2.75, 3.05) is 46.2 Å². The van der Waals surface area contributed by atoms with Crippen LogP contribution in [0.1, 0.15) is 27.2 Å². The lowest BCUT2D eigenvalue weighted by Crippen LogP contribution is -2.26. The van der Waals surface area contributed by atoms with Crippen LogP contribution in [0.2, 0.25) is 0 Å². The predicted molar refractivity (Wildman–Crippen MR) is 110 cm³/mol. The molecule has 1 aromatic rings. The van der Waals surface area contributed by atoms with Gasteiger partial charge >= 0.3 is 5.97 Å². The Balaban J connectivity index is 2.19. The molecule has 0 heterocycles. The molecule has 0 bridgehead atoms. The molecule has 7 nitrogen and oxygen atoms in total. The van der Waals surface area contributed by atoms with Gasteiger partial charge in [-0.3, -0.25) is 0 Å². The molecule has 0 spiro atoms. The van der Waals surface area contributed by atoms with Gasteiger partial charge in [0.25, 0.3) is 0 Å². The zero-order chi connectivity index (χ0) is 21.5. The number of aliphatic carboxylic acids is 1. The largest absolute Gasteiger partial charge is 0.491 e. The first-order valence-corrected chi connectivity index (χ1v) is 9.78. The monoisotopic (exact) mass is 410 g/mol. The normalized spacial score (nSPS) is 12.5. The number of rotatable bonds is 16. The van der Waals surface area contributed by atoms with Crippen molar-refractivity contribution in [1.82, 2.24) is 0 Å². The second kappa shape index (κ2) is 14.1. The molecule has 0 radical (unpaired) electrons. The summed E-state index contributed by atoms with van der Waals surface area (Å²) in [6.07, 6.45) is -0.243. The van der Waals surface area contributed by atoms with Crippen LogP contribution in [0.15, 0.2) is 42.5 Å². The molecule has 0 aliphatic carbocycles. The van der Waals surface area contributed by atoms with Crippen LogP contribution >= 0.6 is 0 Å². The lowest BCUT2D eigenvalue weighted by molar-refractivity contribution is -0.133. The van der Waals surface area contributed by atoms with E-state index >= 15 is 0 Å². The summed E-state index contributed by atoms with van der Waals surface area (Å²) in [5, 5.41) is 9.05. The molecule has 1 aromatic carbocycles. The van der Waals surface area contributed by atoms with Crippen molar-refractivity contribution in [3.05, 3.63) is 42.5 Å². The third-order valence-electron chi connectivity index (χ3n) is 3.67. The standard InChI is InChI=1S/C22H34O7/c1-18(21(23)24)16-20(17-28-19-8-6-5-7-9-19)27-14-12-25-10-11-26-13-15-29-22(2,3)4/h5-9,20H,1,10-17H2,2-4H3,(H,23,24). The smallest absolute Gasteiger partial charge is 0.331 e. The van der Waals surface area contributed by atoms with E-state index in [1.165, 1.54) is 0 Å². The minimum absolute atomic E-state index is 0.0819. The van der Waals surface area contributed by atoms with Crippen LogP contribution in [-0.4, -0.2) is 69.0 Å². The van der Waals surface area contributed by atoms with Crippen LogP contribution in [0, 0.1) is 0 Å². The number of carboxylic acids is 1. The number of ether oxygens (including phenoxy) is 5. The fourth-order valence-corrected chi connectivity index (χ4v) is 2.24. The van der Waals surface area contributed by atoms with E-state index < -0.39 is 12.1 Å². The molecule has 0 saturated heterocycles. The Morgan fingerprint density at radius 1 is 1.00 bits per heavy atom. The molecule has 1 rings (SSSR count). The van der Waals surface area contributed by atoms with Crippen LogP contribution in [0.3, 0.4) is 0 Å². The van der Waals surface area contributed by atoms with Crippen molar-refractivity contribution in [2.45, 2.75) is 38.9 Å². The second-order valence-corrected chi connectivity index (χ2v) is 7.42. The van der Waals surface area contributed by atoms with E-state index in [-0.39, 0.29) is 24.2 Å². The van der Waals surface area contributed by atoms with Crippen LogP contribution in [0.5, 0.6) is 5.75 Å². The molecule has 0 aliphatic heterocycles. The van der Waals surface area contributed by atoms with Crippen LogP contribution in [0.4, 0.5) is 0 Å². The van der Waals surface area contributed by atoms with E-state index in [2.05, 4.69) is 6.58 Å². The van der Waals surface area contributed by atoms with Crippen molar-refractivity contribution < 1.29 is 33.6 Å². The zero-order valence-electron chi connectivity index (χ0n) is 17.7. The molecule has 7 heteroatoms. The summed E-state index contributed by atoms with van der Waals surface area (Å²) in [5.74, 6) is -0.340. The molecule has 0 amide bonds. The minimum atomic E-state index is -1.04. The van der Waals surface area contributed by atoms with Gasteiger partial charge in [0.1, 0.15) is 12.4 Å². The summed E-state index contributed by atoms with van der Waals surface area (Å²) in [4.78, 5) is 11.0. The Bertz CT molecular complexity index is 581. The van der Waals surface area contributed by atoms with Gasteiger partial charge in [0.2, 0.25) is 0 Å². The fourth-order valence-electron chi connectivity index (χ4n) is 2.24. The Morgan fingerprint density at radius 2 is 1.59 bits per heavy atom. The number of para-hydroxylation sites is 1.